The molecule has 3 rings (SSSR count). The van der Waals surface area contributed by atoms with Crippen molar-refractivity contribution in [2.24, 2.45) is 0 Å². The first-order chi connectivity index (χ1) is 12.6. The van der Waals surface area contributed by atoms with Crippen LogP contribution >= 0.6 is 0 Å². The van der Waals surface area contributed by atoms with Crippen LogP contribution in [0.1, 0.15) is 12.0 Å². The number of hydrogen-bond donors (Lipinski definition) is 2. The number of carboxylic acid groups (broad SMARTS) is 1. The quantitative estimate of drug-likeness (QED) is 0.867. The number of carbonyl (C=O) groups excluding carboxylic acids is 1. The molecular weight excluding hydrogens is 330 g/mol. The van der Waals surface area contributed by atoms with E-state index in [0.717, 1.165) is 12.2 Å². The molecule has 0 spiro atoms. The van der Waals surface area contributed by atoms with E-state index in [-0.39, 0.29) is 18.4 Å². The molecule has 136 valence electrons. The molecule has 1 aliphatic rings. The summed E-state index contributed by atoms with van der Waals surface area (Å²) in [5.41, 5.74) is 1.90. The van der Waals surface area contributed by atoms with Crippen LogP contribution in [0, 0.1) is 0 Å². The molecule has 2 aromatic carbocycles. The Labute approximate surface area is 153 Å². The molecule has 1 atom stereocenters. The first-order valence-electron chi connectivity index (χ1n) is 8.72. The Kier molecular flexibility index (Phi) is 5.86. The molecule has 2 N–H and O–H groups in total. The van der Waals surface area contributed by atoms with Crippen molar-refractivity contribution < 1.29 is 14.7 Å². The Morgan fingerprint density at radius 1 is 1.00 bits per heavy atom. The minimum Gasteiger partial charge on any atom is -0.465 e. The van der Waals surface area contributed by atoms with Crippen molar-refractivity contribution in [3.63, 3.8) is 0 Å². The van der Waals surface area contributed by atoms with Gasteiger partial charge in [-0.15, -0.1) is 0 Å². The Morgan fingerprint density at radius 3 is 2.31 bits per heavy atom. The summed E-state index contributed by atoms with van der Waals surface area (Å²) in [4.78, 5) is 27.5. The average molecular weight is 353 g/mol. The largest absolute Gasteiger partial charge is 0.465 e. The highest BCUT2D eigenvalue weighted by atomic mass is 16.4. The second-order valence-corrected chi connectivity index (χ2v) is 6.47. The lowest BCUT2D eigenvalue weighted by molar-refractivity contribution is -0.117. The molecule has 0 aromatic heterocycles. The van der Waals surface area contributed by atoms with E-state index in [4.69, 9.17) is 0 Å². The second kappa shape index (κ2) is 8.49. The van der Waals surface area contributed by atoms with Crippen molar-refractivity contribution in [3.05, 3.63) is 66.2 Å². The van der Waals surface area contributed by atoms with E-state index in [2.05, 4.69) is 22.3 Å². The van der Waals surface area contributed by atoms with E-state index in [1.807, 2.05) is 48.5 Å². The van der Waals surface area contributed by atoms with Crippen molar-refractivity contribution >= 4 is 17.7 Å². The summed E-state index contributed by atoms with van der Waals surface area (Å²) in [6.07, 6.45) is -0.825. The Bertz CT molecular complexity index is 736. The number of hydrogen-bond acceptors (Lipinski definition) is 3. The molecule has 1 aliphatic heterocycles. The van der Waals surface area contributed by atoms with Crippen LogP contribution in [-0.2, 0) is 11.3 Å². The van der Waals surface area contributed by atoms with Crippen molar-refractivity contribution in [2.75, 3.05) is 25.0 Å². The highest BCUT2D eigenvalue weighted by Gasteiger charge is 2.31. The van der Waals surface area contributed by atoms with E-state index in [1.165, 1.54) is 10.5 Å². The first kappa shape index (κ1) is 17.9. The van der Waals surface area contributed by atoms with Gasteiger partial charge in [0.25, 0.3) is 0 Å². The molecule has 26 heavy (non-hydrogen) atoms. The minimum absolute atomic E-state index is 0.145. The molecule has 1 saturated heterocycles. The number of piperazine rings is 1. The molecule has 0 radical (unpaired) electrons. The zero-order valence-electron chi connectivity index (χ0n) is 14.5. The van der Waals surface area contributed by atoms with Gasteiger partial charge in [0.15, 0.2) is 0 Å². The number of rotatable bonds is 5. The lowest BCUT2D eigenvalue weighted by Gasteiger charge is -2.39. The number of nitrogens with one attached hydrogen (secondary N) is 1. The van der Waals surface area contributed by atoms with Gasteiger partial charge in [0.05, 0.1) is 6.04 Å². The second-order valence-electron chi connectivity index (χ2n) is 6.47. The lowest BCUT2D eigenvalue weighted by atomic mass is 10.1. The van der Waals surface area contributed by atoms with E-state index < -0.39 is 6.09 Å². The fourth-order valence-corrected chi connectivity index (χ4v) is 3.28. The van der Waals surface area contributed by atoms with Crippen molar-refractivity contribution in [1.82, 2.24) is 9.80 Å². The van der Waals surface area contributed by atoms with Gasteiger partial charge in [-0.05, 0) is 17.7 Å². The van der Waals surface area contributed by atoms with Crippen LogP contribution in [0.4, 0.5) is 10.5 Å². The molecule has 2 aromatic rings. The SMILES string of the molecule is O=C(C[C@@H]1CN(Cc2ccccc2)CCN1C(=O)O)Nc1ccccc1. The molecule has 1 heterocycles. The van der Waals surface area contributed by atoms with Crippen LogP contribution in [0.2, 0.25) is 0 Å². The van der Waals surface area contributed by atoms with Gasteiger partial charge in [-0.25, -0.2) is 4.79 Å². The third-order valence-electron chi connectivity index (χ3n) is 4.54. The summed E-state index contributed by atoms with van der Waals surface area (Å²) < 4.78 is 0. The smallest absolute Gasteiger partial charge is 0.407 e. The van der Waals surface area contributed by atoms with E-state index >= 15 is 0 Å². The molecule has 1 fully saturated rings. The molecular formula is C20H23N3O3. The first-order valence-corrected chi connectivity index (χ1v) is 8.72. The summed E-state index contributed by atoms with van der Waals surface area (Å²) in [6, 6.07) is 18.9. The predicted octanol–water partition coefficient (Wildman–Crippen LogP) is 2.88. The van der Waals surface area contributed by atoms with Gasteiger partial charge in [-0.2, -0.15) is 0 Å². The highest BCUT2D eigenvalue weighted by molar-refractivity contribution is 5.91. The van der Waals surface area contributed by atoms with Crippen LogP contribution < -0.4 is 5.32 Å². The van der Waals surface area contributed by atoms with Crippen LogP contribution in [0.5, 0.6) is 0 Å². The summed E-state index contributed by atoms with van der Waals surface area (Å²) in [5.74, 6) is -0.172. The van der Waals surface area contributed by atoms with Crippen molar-refractivity contribution in [1.29, 1.82) is 0 Å². The molecule has 2 amide bonds. The average Bonchev–Trinajstić information content (AvgIpc) is 2.63. The van der Waals surface area contributed by atoms with Crippen molar-refractivity contribution in [3.8, 4) is 0 Å². The summed E-state index contributed by atoms with van der Waals surface area (Å²) in [7, 11) is 0. The number of carbonyl (C=O) groups is 2. The summed E-state index contributed by atoms with van der Waals surface area (Å²) in [6.45, 7) is 2.37. The van der Waals surface area contributed by atoms with Crippen LogP contribution in [0.25, 0.3) is 0 Å². The van der Waals surface area contributed by atoms with E-state index in [9.17, 15) is 14.7 Å². The number of para-hydroxylation sites is 1. The fraction of sp³-hybridized carbons (Fsp3) is 0.300. The van der Waals surface area contributed by atoms with Gasteiger partial charge in [-0.1, -0.05) is 48.5 Å². The molecule has 6 heteroatoms. The molecule has 0 bridgehead atoms. The van der Waals surface area contributed by atoms with Gasteiger partial charge in [-0.3, -0.25) is 9.69 Å². The third-order valence-corrected chi connectivity index (χ3v) is 4.54. The maximum absolute atomic E-state index is 12.4. The molecule has 6 nitrogen and oxygen atoms in total. The Morgan fingerprint density at radius 2 is 1.65 bits per heavy atom. The lowest BCUT2D eigenvalue weighted by Crippen LogP contribution is -2.55. The monoisotopic (exact) mass is 353 g/mol. The number of amides is 2. The predicted molar refractivity (Wildman–Crippen MR) is 99.9 cm³/mol. The maximum atomic E-state index is 12.4. The van der Waals surface area contributed by atoms with Gasteiger partial charge in [0.2, 0.25) is 5.91 Å². The normalized spacial score (nSPS) is 17.7. The fourth-order valence-electron chi connectivity index (χ4n) is 3.28. The molecule has 0 aliphatic carbocycles. The van der Waals surface area contributed by atoms with Crippen LogP contribution in [0.3, 0.4) is 0 Å². The molecule has 0 saturated carbocycles. The molecule has 0 unspecified atom stereocenters. The minimum atomic E-state index is -0.970. The Balaban J connectivity index is 1.62. The number of anilines is 1. The van der Waals surface area contributed by atoms with Gasteiger partial charge < -0.3 is 15.3 Å². The maximum Gasteiger partial charge on any atom is 0.407 e. The zero-order valence-corrected chi connectivity index (χ0v) is 14.5. The standard InChI is InChI=1S/C20H23N3O3/c24-19(21-17-9-5-2-6-10-17)13-18-15-22(11-12-23(18)20(25)26)14-16-7-3-1-4-8-16/h1-10,18H,11-15H2,(H,21,24)(H,25,26)/t18-/m1/s1. The zero-order chi connectivity index (χ0) is 18.4. The number of benzene rings is 2. The highest BCUT2D eigenvalue weighted by Crippen LogP contribution is 2.17. The third kappa shape index (κ3) is 4.83. The topological polar surface area (TPSA) is 72.9 Å². The van der Waals surface area contributed by atoms with Crippen molar-refractivity contribution in [2.45, 2.75) is 19.0 Å². The summed E-state index contributed by atoms with van der Waals surface area (Å²) >= 11 is 0. The Hall–Kier alpha value is -2.86. The number of nitrogens with zero attached hydrogens (tertiary/aromatic N) is 2. The van der Waals surface area contributed by atoms with Gasteiger partial charge in [0, 0.05) is 38.3 Å². The van der Waals surface area contributed by atoms with Crippen LogP contribution in [-0.4, -0.2) is 52.6 Å². The van der Waals surface area contributed by atoms with E-state index in [0.29, 0.717) is 19.6 Å². The van der Waals surface area contributed by atoms with Gasteiger partial charge >= 0.3 is 6.09 Å². The van der Waals surface area contributed by atoms with E-state index in [1.54, 1.807) is 0 Å². The van der Waals surface area contributed by atoms with Gasteiger partial charge in [0.1, 0.15) is 0 Å². The summed E-state index contributed by atoms with van der Waals surface area (Å²) in [5, 5.41) is 12.3. The van der Waals surface area contributed by atoms with Crippen LogP contribution in [0.15, 0.2) is 60.7 Å².